The Kier molecular flexibility index (Phi) is 3.53. The van der Waals surface area contributed by atoms with E-state index in [1.165, 1.54) is 6.07 Å². The second kappa shape index (κ2) is 5.10. The average molecular weight is 372 g/mol. The number of nitrogens with zero attached hydrogens (tertiary/aromatic N) is 4. The number of aryl methyl sites for hydroxylation is 2. The van der Waals surface area contributed by atoms with Crippen molar-refractivity contribution in [2.45, 2.75) is 19.2 Å². The van der Waals surface area contributed by atoms with Crippen molar-refractivity contribution in [1.82, 2.24) is 19.3 Å². The zero-order valence-corrected chi connectivity index (χ0v) is 14.1. The van der Waals surface area contributed by atoms with E-state index in [0.29, 0.717) is 21.3 Å². The Morgan fingerprint density at radius 1 is 1.38 bits per heavy atom. The number of hydrogen-bond donors (Lipinski definition) is 0. The Bertz CT molecular complexity index is 837. The van der Waals surface area contributed by atoms with Gasteiger partial charge in [-0.3, -0.25) is 9.25 Å². The van der Waals surface area contributed by atoms with E-state index < -0.39 is 0 Å². The molecule has 0 radical (unpaired) electrons. The van der Waals surface area contributed by atoms with Gasteiger partial charge in [0.2, 0.25) is 0 Å². The molecule has 0 aliphatic carbocycles. The van der Waals surface area contributed by atoms with E-state index in [4.69, 9.17) is 11.6 Å². The van der Waals surface area contributed by atoms with E-state index in [0.717, 1.165) is 11.4 Å². The molecule has 0 bridgehead atoms. The summed E-state index contributed by atoms with van der Waals surface area (Å²) in [6.45, 7) is 3.75. The summed E-state index contributed by atoms with van der Waals surface area (Å²) in [5.74, 6) is 0.333. The molecule has 0 N–H and O–H groups in total. The van der Waals surface area contributed by atoms with Gasteiger partial charge >= 0.3 is 0 Å². The minimum absolute atomic E-state index is 0.307. The summed E-state index contributed by atoms with van der Waals surface area (Å²) in [6, 6.07) is 3.12. The highest BCUT2D eigenvalue weighted by molar-refractivity contribution is 9.10. The molecule has 0 saturated carbocycles. The van der Waals surface area contributed by atoms with Crippen LogP contribution in [-0.2, 0) is 7.05 Å². The first-order valence-electron chi connectivity index (χ1n) is 6.40. The van der Waals surface area contributed by atoms with E-state index >= 15 is 0 Å². The zero-order valence-electron chi connectivity index (χ0n) is 11.7. The van der Waals surface area contributed by atoms with Crippen LogP contribution in [0.5, 0.6) is 0 Å². The van der Waals surface area contributed by atoms with E-state index in [2.05, 4.69) is 26.0 Å². The van der Waals surface area contributed by atoms with Gasteiger partial charge in [0.1, 0.15) is 11.6 Å². The van der Waals surface area contributed by atoms with Gasteiger partial charge in [0.25, 0.3) is 0 Å². The van der Waals surface area contributed by atoms with E-state index in [-0.39, 0.29) is 11.2 Å². The topological polar surface area (TPSA) is 35.6 Å². The molecule has 2 aromatic heterocycles. The highest BCUT2D eigenvalue weighted by Crippen LogP contribution is 2.31. The van der Waals surface area contributed by atoms with Gasteiger partial charge in [0.15, 0.2) is 0 Å². The molecule has 110 valence electrons. The van der Waals surface area contributed by atoms with Crippen LogP contribution in [0.1, 0.15) is 23.8 Å². The monoisotopic (exact) mass is 370 g/mol. The number of alkyl halides is 1. The Hall–Kier alpha value is -1.40. The van der Waals surface area contributed by atoms with Crippen LogP contribution in [0.3, 0.4) is 0 Å². The maximum absolute atomic E-state index is 13.9. The molecule has 1 aromatic carbocycles. The Balaban J connectivity index is 2.40. The van der Waals surface area contributed by atoms with E-state index in [9.17, 15) is 4.39 Å². The lowest BCUT2D eigenvalue weighted by Crippen LogP contribution is -2.02. The molecule has 1 atom stereocenters. The molecule has 0 fully saturated rings. The quantitative estimate of drug-likeness (QED) is 0.631. The molecule has 4 nitrogen and oxygen atoms in total. The second-order valence-corrected chi connectivity index (χ2v) is 6.46. The molecule has 3 aromatic rings. The molecular weight excluding hydrogens is 359 g/mol. The van der Waals surface area contributed by atoms with Gasteiger partial charge in [-0.05, 0) is 35.8 Å². The minimum atomic E-state index is -0.334. The van der Waals surface area contributed by atoms with Gasteiger partial charge in [-0.15, -0.1) is 11.6 Å². The Morgan fingerprint density at radius 3 is 2.67 bits per heavy atom. The van der Waals surface area contributed by atoms with Crippen molar-refractivity contribution in [3.63, 3.8) is 0 Å². The first-order valence-corrected chi connectivity index (χ1v) is 7.63. The Morgan fingerprint density at radius 2 is 2.10 bits per heavy atom. The van der Waals surface area contributed by atoms with E-state index in [1.54, 1.807) is 10.7 Å². The van der Waals surface area contributed by atoms with Crippen LogP contribution < -0.4 is 0 Å². The highest BCUT2D eigenvalue weighted by atomic mass is 79.9. The van der Waals surface area contributed by atoms with Crippen molar-refractivity contribution in [3.8, 4) is 5.69 Å². The number of hydrogen-bond acceptors (Lipinski definition) is 2. The summed E-state index contributed by atoms with van der Waals surface area (Å²) in [4.78, 5) is 4.54. The predicted octanol–water partition coefficient (Wildman–Crippen LogP) is 4.27. The third kappa shape index (κ3) is 2.36. The van der Waals surface area contributed by atoms with Crippen molar-refractivity contribution < 1.29 is 4.39 Å². The van der Waals surface area contributed by atoms with Crippen molar-refractivity contribution in [2.24, 2.45) is 7.05 Å². The molecule has 1 unspecified atom stereocenters. The van der Waals surface area contributed by atoms with Crippen LogP contribution in [-0.4, -0.2) is 19.3 Å². The summed E-state index contributed by atoms with van der Waals surface area (Å²) in [5, 5.41) is 4.03. The minimum Gasteiger partial charge on any atom is -0.291 e. The second-order valence-electron chi connectivity index (χ2n) is 4.95. The fraction of sp³-hybridized carbons (Fsp3) is 0.286. The summed E-state index contributed by atoms with van der Waals surface area (Å²) in [6.07, 6.45) is 1.87. The van der Waals surface area contributed by atoms with Crippen LogP contribution >= 0.6 is 27.5 Å². The van der Waals surface area contributed by atoms with Crippen molar-refractivity contribution >= 4 is 38.6 Å². The molecule has 0 aliphatic heterocycles. The maximum atomic E-state index is 13.9. The van der Waals surface area contributed by atoms with Gasteiger partial charge in [-0.2, -0.15) is 5.10 Å². The summed E-state index contributed by atoms with van der Waals surface area (Å²) in [7, 11) is 1.84. The number of fused-ring (bicyclic) bond motifs is 1. The number of imidazole rings is 1. The number of halogens is 3. The van der Waals surface area contributed by atoms with Crippen molar-refractivity contribution in [3.05, 3.63) is 40.1 Å². The van der Waals surface area contributed by atoms with E-state index in [1.807, 2.05) is 31.7 Å². The molecule has 3 rings (SSSR count). The fourth-order valence-electron chi connectivity index (χ4n) is 2.42. The normalized spacial score (nSPS) is 13.0. The van der Waals surface area contributed by atoms with Gasteiger partial charge in [-0.1, -0.05) is 0 Å². The Labute approximate surface area is 134 Å². The lowest BCUT2D eigenvalue weighted by Gasteiger charge is -2.09. The molecule has 21 heavy (non-hydrogen) atoms. The van der Waals surface area contributed by atoms with Crippen LogP contribution in [0.25, 0.3) is 16.7 Å². The maximum Gasteiger partial charge on any atom is 0.139 e. The smallest absolute Gasteiger partial charge is 0.139 e. The SMILES string of the molecule is Cc1nn(C)cc1-n1c(C(C)Cl)nc2cc(Br)c(F)cc21. The van der Waals surface area contributed by atoms with Gasteiger partial charge in [0, 0.05) is 19.3 Å². The lowest BCUT2D eigenvalue weighted by molar-refractivity contribution is 0.622. The fourth-order valence-corrected chi connectivity index (χ4v) is 2.90. The molecular formula is C14H13BrClFN4. The van der Waals surface area contributed by atoms with Crippen molar-refractivity contribution in [2.75, 3.05) is 0 Å². The predicted molar refractivity (Wildman–Crippen MR) is 84.5 cm³/mol. The van der Waals surface area contributed by atoms with Crippen LogP contribution in [0.4, 0.5) is 4.39 Å². The van der Waals surface area contributed by atoms with Gasteiger partial charge in [0.05, 0.1) is 32.3 Å². The first-order chi connectivity index (χ1) is 9.88. The number of aromatic nitrogens is 4. The average Bonchev–Trinajstić information content (AvgIpc) is 2.90. The van der Waals surface area contributed by atoms with Crippen LogP contribution in [0.2, 0.25) is 0 Å². The molecule has 0 aliphatic rings. The molecule has 7 heteroatoms. The highest BCUT2D eigenvalue weighted by Gasteiger charge is 2.20. The standard InChI is InChI=1S/C14H13BrClFN4/c1-7(16)14-18-11-4-9(15)10(17)5-12(11)21(14)13-6-20(3)19-8(13)2/h4-7H,1-3H3. The van der Waals surface area contributed by atoms with Crippen molar-refractivity contribution in [1.29, 1.82) is 0 Å². The summed E-state index contributed by atoms with van der Waals surface area (Å²) >= 11 is 9.44. The third-order valence-corrected chi connectivity index (χ3v) is 4.11. The number of benzene rings is 1. The van der Waals surface area contributed by atoms with Gasteiger partial charge in [-0.25, -0.2) is 9.37 Å². The van der Waals surface area contributed by atoms with Crippen LogP contribution in [0, 0.1) is 12.7 Å². The zero-order chi connectivity index (χ0) is 15.3. The summed E-state index contributed by atoms with van der Waals surface area (Å²) in [5.41, 5.74) is 3.05. The number of rotatable bonds is 2. The van der Waals surface area contributed by atoms with Crippen LogP contribution in [0.15, 0.2) is 22.8 Å². The molecule has 0 spiro atoms. The molecule has 0 saturated heterocycles. The lowest BCUT2D eigenvalue weighted by atomic mass is 10.3. The summed E-state index contributed by atoms with van der Waals surface area (Å²) < 4.78 is 17.9. The molecule has 2 heterocycles. The largest absolute Gasteiger partial charge is 0.291 e. The first kappa shape index (κ1) is 14.5. The third-order valence-electron chi connectivity index (χ3n) is 3.31. The van der Waals surface area contributed by atoms with Gasteiger partial charge < -0.3 is 0 Å². The molecule has 0 amide bonds.